The van der Waals surface area contributed by atoms with Gasteiger partial charge in [-0.2, -0.15) is 5.10 Å². The molecule has 0 aliphatic heterocycles. The second kappa shape index (κ2) is 8.03. The molecule has 25 heavy (non-hydrogen) atoms. The van der Waals surface area contributed by atoms with E-state index in [1.807, 2.05) is 43.4 Å². The summed E-state index contributed by atoms with van der Waals surface area (Å²) in [7, 11) is 1.95. The van der Waals surface area contributed by atoms with Crippen LogP contribution < -0.4 is 5.32 Å². The van der Waals surface area contributed by atoms with Gasteiger partial charge in [-0.1, -0.05) is 30.3 Å². The van der Waals surface area contributed by atoms with Gasteiger partial charge < -0.3 is 10.3 Å². The van der Waals surface area contributed by atoms with Gasteiger partial charge in [-0.15, -0.1) is 0 Å². The third kappa shape index (κ3) is 3.99. The highest BCUT2D eigenvalue weighted by molar-refractivity contribution is 5.90. The quantitative estimate of drug-likeness (QED) is 0.501. The highest BCUT2D eigenvalue weighted by Gasteiger charge is 2.09. The maximum atomic E-state index is 10.6. The number of nitrogens with zero attached hydrogens (tertiary/aromatic N) is 2. The van der Waals surface area contributed by atoms with Gasteiger partial charge in [0.25, 0.3) is 0 Å². The van der Waals surface area contributed by atoms with Crippen LogP contribution in [0.1, 0.15) is 16.1 Å². The molecule has 0 aliphatic rings. The molecule has 3 heterocycles. The molecule has 6 heteroatoms. The van der Waals surface area contributed by atoms with Crippen molar-refractivity contribution in [1.29, 1.82) is 0 Å². The summed E-state index contributed by atoms with van der Waals surface area (Å²) in [5.41, 5.74) is 4.22. The number of aromatic nitrogens is 4. The van der Waals surface area contributed by atoms with E-state index in [1.165, 1.54) is 5.56 Å². The number of benzene rings is 1. The molecule has 3 N–H and O–H groups in total. The lowest BCUT2D eigenvalue weighted by atomic mass is 10.2. The fraction of sp³-hybridized carbons (Fsp3) is 0.105. The zero-order chi connectivity index (χ0) is 17.5. The average molecular weight is 333 g/mol. The standard InChI is InChI=1S/C11H8N4O.C8H11N/c16-6-7-3-4-9(13-7)10-8-2-1-5-12-11(8)15-14-10;1-9-7-8-5-3-2-4-6-8/h1-6,13H,(H,12,14,15);2-6,9H,7H2,1H3. The first-order valence-electron chi connectivity index (χ1n) is 7.94. The minimum Gasteiger partial charge on any atom is -0.351 e. The molecule has 0 spiro atoms. The fourth-order valence-electron chi connectivity index (χ4n) is 2.48. The first-order valence-corrected chi connectivity index (χ1v) is 7.94. The lowest BCUT2D eigenvalue weighted by Crippen LogP contribution is -2.04. The van der Waals surface area contributed by atoms with Crippen LogP contribution in [-0.4, -0.2) is 33.5 Å². The third-order valence-corrected chi connectivity index (χ3v) is 3.66. The molecule has 0 amide bonds. The number of hydrogen-bond acceptors (Lipinski definition) is 4. The van der Waals surface area contributed by atoms with E-state index in [1.54, 1.807) is 12.3 Å². The summed E-state index contributed by atoms with van der Waals surface area (Å²) in [5.74, 6) is 0. The first kappa shape index (κ1) is 16.6. The fourth-order valence-corrected chi connectivity index (χ4v) is 2.48. The topological polar surface area (TPSA) is 86.5 Å². The minimum atomic E-state index is 0.543. The van der Waals surface area contributed by atoms with Crippen molar-refractivity contribution in [2.75, 3.05) is 7.05 Å². The number of H-pyrrole nitrogens is 2. The number of carbonyl (C=O) groups excluding carboxylic acids is 1. The zero-order valence-corrected chi connectivity index (χ0v) is 13.9. The second-order valence-corrected chi connectivity index (χ2v) is 5.43. The van der Waals surface area contributed by atoms with E-state index in [9.17, 15) is 4.79 Å². The van der Waals surface area contributed by atoms with E-state index in [2.05, 4.69) is 37.6 Å². The van der Waals surface area contributed by atoms with Gasteiger partial charge >= 0.3 is 0 Å². The number of aldehydes is 1. The van der Waals surface area contributed by atoms with Crippen LogP contribution in [0.25, 0.3) is 22.4 Å². The molecule has 6 nitrogen and oxygen atoms in total. The summed E-state index contributed by atoms with van der Waals surface area (Å²) in [5, 5.41) is 11.0. The summed E-state index contributed by atoms with van der Waals surface area (Å²) in [4.78, 5) is 17.7. The molecule has 0 aliphatic carbocycles. The Morgan fingerprint density at radius 3 is 2.64 bits per heavy atom. The van der Waals surface area contributed by atoms with Crippen LogP contribution in [0.2, 0.25) is 0 Å². The van der Waals surface area contributed by atoms with Gasteiger partial charge in [-0.05, 0) is 36.9 Å². The van der Waals surface area contributed by atoms with Crippen LogP contribution in [-0.2, 0) is 6.54 Å². The number of fused-ring (bicyclic) bond motifs is 1. The molecule has 0 saturated heterocycles. The predicted octanol–water partition coefficient (Wildman–Crippen LogP) is 3.17. The minimum absolute atomic E-state index is 0.543. The van der Waals surface area contributed by atoms with Gasteiger partial charge in [0, 0.05) is 18.1 Å². The summed E-state index contributed by atoms with van der Waals surface area (Å²) in [6.45, 7) is 0.959. The molecule has 4 aromatic rings. The van der Waals surface area contributed by atoms with Crippen LogP contribution in [0.15, 0.2) is 60.8 Å². The zero-order valence-electron chi connectivity index (χ0n) is 13.9. The van der Waals surface area contributed by atoms with Gasteiger partial charge in [-0.3, -0.25) is 9.89 Å². The Morgan fingerprint density at radius 1 is 1.08 bits per heavy atom. The van der Waals surface area contributed by atoms with Crippen molar-refractivity contribution in [3.05, 3.63) is 72.1 Å². The Morgan fingerprint density at radius 2 is 1.92 bits per heavy atom. The summed E-state index contributed by atoms with van der Waals surface area (Å²) >= 11 is 0. The van der Waals surface area contributed by atoms with Crippen molar-refractivity contribution in [3.63, 3.8) is 0 Å². The van der Waals surface area contributed by atoms with E-state index in [-0.39, 0.29) is 0 Å². The van der Waals surface area contributed by atoms with Crippen LogP contribution >= 0.6 is 0 Å². The monoisotopic (exact) mass is 333 g/mol. The molecule has 0 atom stereocenters. The molecule has 0 bridgehead atoms. The van der Waals surface area contributed by atoms with Crippen molar-refractivity contribution >= 4 is 17.3 Å². The maximum absolute atomic E-state index is 10.6. The number of hydrogen-bond donors (Lipinski definition) is 3. The van der Waals surface area contributed by atoms with Crippen LogP contribution in [0.3, 0.4) is 0 Å². The number of aromatic amines is 2. The largest absolute Gasteiger partial charge is 0.351 e. The van der Waals surface area contributed by atoms with E-state index in [0.717, 1.165) is 29.6 Å². The van der Waals surface area contributed by atoms with Crippen LogP contribution in [0.5, 0.6) is 0 Å². The van der Waals surface area contributed by atoms with Crippen molar-refractivity contribution in [1.82, 2.24) is 25.5 Å². The summed E-state index contributed by atoms with van der Waals surface area (Å²) in [6.07, 6.45) is 2.47. The van der Waals surface area contributed by atoms with Gasteiger partial charge in [0.05, 0.1) is 17.1 Å². The molecule has 0 unspecified atom stereocenters. The van der Waals surface area contributed by atoms with E-state index in [4.69, 9.17) is 0 Å². The lowest BCUT2D eigenvalue weighted by molar-refractivity contribution is 0.111. The van der Waals surface area contributed by atoms with E-state index >= 15 is 0 Å². The van der Waals surface area contributed by atoms with Gasteiger partial charge in [0.2, 0.25) is 0 Å². The number of carbonyl (C=O) groups is 1. The predicted molar refractivity (Wildman–Crippen MR) is 98.3 cm³/mol. The van der Waals surface area contributed by atoms with Crippen LogP contribution in [0, 0.1) is 0 Å². The summed E-state index contributed by atoms with van der Waals surface area (Å²) in [6, 6.07) is 17.7. The van der Waals surface area contributed by atoms with Crippen molar-refractivity contribution in [2.45, 2.75) is 6.54 Å². The molecular weight excluding hydrogens is 314 g/mol. The highest BCUT2D eigenvalue weighted by Crippen LogP contribution is 2.23. The van der Waals surface area contributed by atoms with Crippen molar-refractivity contribution in [3.8, 4) is 11.4 Å². The highest BCUT2D eigenvalue weighted by atomic mass is 16.1. The van der Waals surface area contributed by atoms with Gasteiger partial charge in [-0.25, -0.2) is 4.98 Å². The molecule has 3 aromatic heterocycles. The molecule has 0 fully saturated rings. The Balaban J connectivity index is 0.000000173. The molecule has 0 saturated carbocycles. The first-order chi connectivity index (χ1) is 12.3. The van der Waals surface area contributed by atoms with E-state index in [0.29, 0.717) is 11.3 Å². The molecule has 4 rings (SSSR count). The molecular formula is C19H19N5O. The van der Waals surface area contributed by atoms with E-state index < -0.39 is 0 Å². The van der Waals surface area contributed by atoms with Gasteiger partial charge in [0.15, 0.2) is 11.9 Å². The average Bonchev–Trinajstić information content (AvgIpc) is 3.30. The number of rotatable bonds is 4. The SMILES string of the molecule is CNCc1ccccc1.O=Cc1ccc(-c2[nH]nc3ncccc23)[nH]1. The smallest absolute Gasteiger partial charge is 0.181 e. The second-order valence-electron chi connectivity index (χ2n) is 5.43. The Bertz CT molecular complexity index is 943. The Hall–Kier alpha value is -3.25. The molecule has 1 aromatic carbocycles. The number of nitrogens with one attached hydrogen (secondary N) is 3. The number of pyridine rings is 1. The van der Waals surface area contributed by atoms with Gasteiger partial charge in [0.1, 0.15) is 0 Å². The maximum Gasteiger partial charge on any atom is 0.181 e. The lowest BCUT2D eigenvalue weighted by Gasteiger charge is -1.95. The summed E-state index contributed by atoms with van der Waals surface area (Å²) < 4.78 is 0. The third-order valence-electron chi connectivity index (χ3n) is 3.66. The van der Waals surface area contributed by atoms with Crippen LogP contribution in [0.4, 0.5) is 0 Å². The Kier molecular flexibility index (Phi) is 5.33. The molecule has 0 radical (unpaired) electrons. The normalized spacial score (nSPS) is 10.3. The van der Waals surface area contributed by atoms with Crippen molar-refractivity contribution < 1.29 is 4.79 Å². The van der Waals surface area contributed by atoms with Crippen molar-refractivity contribution in [2.24, 2.45) is 0 Å². The molecule has 126 valence electrons. The Labute approximate surface area is 145 Å².